The smallest absolute Gasteiger partial charge is 0.159 e. The zero-order valence-corrected chi connectivity index (χ0v) is 18.0. The summed E-state index contributed by atoms with van der Waals surface area (Å²) in [6.07, 6.45) is 7.41. The van der Waals surface area contributed by atoms with E-state index in [-0.39, 0.29) is 0 Å². The molecule has 0 spiro atoms. The number of hydrogen-bond donors (Lipinski definition) is 2. The standard InChI is InChI=1S/C21H26N6.C2H6/c1-14(2)27-13-17(11-23-27)15-5-6-20-16(10-15)4-3-9-26(20)21-18-12-22-8-7-19(18)24-25-21;1-2/h5-6,10-11,13-14,22H,3-4,7-9,12H2,1-2H3,(H,24,25);1-2H3. The van der Waals surface area contributed by atoms with Gasteiger partial charge in [-0.15, -0.1) is 0 Å². The van der Waals surface area contributed by atoms with Crippen molar-refractivity contribution in [3.63, 3.8) is 0 Å². The number of anilines is 2. The molecule has 6 nitrogen and oxygen atoms in total. The van der Waals surface area contributed by atoms with Crippen LogP contribution in [0, 0.1) is 0 Å². The Bertz CT molecular complexity index is 968. The number of rotatable bonds is 3. The molecule has 0 unspecified atom stereocenters. The maximum absolute atomic E-state index is 4.67. The Balaban J connectivity index is 0.000000994. The van der Waals surface area contributed by atoms with Gasteiger partial charge in [-0.05, 0) is 49.9 Å². The van der Waals surface area contributed by atoms with E-state index in [0.717, 1.165) is 44.7 Å². The molecule has 0 fully saturated rings. The molecule has 0 saturated carbocycles. The number of nitrogens with zero attached hydrogens (tertiary/aromatic N) is 4. The van der Waals surface area contributed by atoms with Crippen LogP contribution < -0.4 is 10.2 Å². The molecule has 0 radical (unpaired) electrons. The van der Waals surface area contributed by atoms with Crippen LogP contribution in [0.2, 0.25) is 0 Å². The first-order chi connectivity index (χ1) is 14.2. The summed E-state index contributed by atoms with van der Waals surface area (Å²) >= 11 is 0. The predicted molar refractivity (Wildman–Crippen MR) is 119 cm³/mol. The summed E-state index contributed by atoms with van der Waals surface area (Å²) in [5.41, 5.74) is 7.74. The Morgan fingerprint density at radius 1 is 1.10 bits per heavy atom. The molecule has 0 atom stereocenters. The Hall–Kier alpha value is -2.60. The number of aromatic amines is 1. The summed E-state index contributed by atoms with van der Waals surface area (Å²) in [7, 11) is 0. The van der Waals surface area contributed by atoms with Crippen molar-refractivity contribution in [2.45, 2.75) is 59.5 Å². The average molecular weight is 393 g/mol. The van der Waals surface area contributed by atoms with Crippen molar-refractivity contribution in [1.29, 1.82) is 0 Å². The van der Waals surface area contributed by atoms with E-state index in [0.29, 0.717) is 6.04 Å². The topological polar surface area (TPSA) is 61.8 Å². The normalized spacial score (nSPS) is 15.6. The fraction of sp³-hybridized carbons (Fsp3) is 0.478. The van der Waals surface area contributed by atoms with Gasteiger partial charge in [0.1, 0.15) is 0 Å². The van der Waals surface area contributed by atoms with Gasteiger partial charge in [0.25, 0.3) is 0 Å². The molecule has 0 saturated heterocycles. The van der Waals surface area contributed by atoms with Gasteiger partial charge in [-0.3, -0.25) is 9.78 Å². The van der Waals surface area contributed by atoms with Crippen molar-refractivity contribution in [3.05, 3.63) is 47.4 Å². The van der Waals surface area contributed by atoms with Gasteiger partial charge in [0.05, 0.1) is 6.20 Å². The first-order valence-corrected chi connectivity index (χ1v) is 10.9. The maximum atomic E-state index is 4.67. The summed E-state index contributed by atoms with van der Waals surface area (Å²) in [6.45, 7) is 11.3. The number of benzene rings is 1. The zero-order valence-electron chi connectivity index (χ0n) is 18.0. The van der Waals surface area contributed by atoms with E-state index in [9.17, 15) is 0 Å². The van der Waals surface area contributed by atoms with E-state index < -0.39 is 0 Å². The second-order valence-corrected chi connectivity index (χ2v) is 7.83. The molecule has 2 N–H and O–H groups in total. The van der Waals surface area contributed by atoms with Crippen molar-refractivity contribution in [2.24, 2.45) is 0 Å². The Morgan fingerprint density at radius 3 is 2.76 bits per heavy atom. The van der Waals surface area contributed by atoms with Crippen LogP contribution in [0.1, 0.15) is 57.0 Å². The largest absolute Gasteiger partial charge is 0.324 e. The molecular weight excluding hydrogens is 360 g/mol. The highest BCUT2D eigenvalue weighted by atomic mass is 15.3. The molecular formula is C23H32N6. The van der Waals surface area contributed by atoms with E-state index in [1.807, 2.05) is 24.7 Å². The predicted octanol–water partition coefficient (Wildman–Crippen LogP) is 4.61. The molecule has 0 amide bonds. The van der Waals surface area contributed by atoms with Crippen molar-refractivity contribution in [3.8, 4) is 11.1 Å². The molecule has 2 aliphatic heterocycles. The minimum atomic E-state index is 0.381. The van der Waals surface area contributed by atoms with Gasteiger partial charge < -0.3 is 10.2 Å². The van der Waals surface area contributed by atoms with Gasteiger partial charge in [0, 0.05) is 60.8 Å². The van der Waals surface area contributed by atoms with E-state index in [1.165, 1.54) is 33.6 Å². The van der Waals surface area contributed by atoms with Crippen LogP contribution in [-0.2, 0) is 19.4 Å². The van der Waals surface area contributed by atoms with Crippen LogP contribution in [0.5, 0.6) is 0 Å². The second-order valence-electron chi connectivity index (χ2n) is 7.83. The van der Waals surface area contributed by atoms with E-state index in [1.54, 1.807) is 0 Å². The van der Waals surface area contributed by atoms with Crippen LogP contribution in [0.25, 0.3) is 11.1 Å². The number of aromatic nitrogens is 4. The molecule has 0 aliphatic carbocycles. The molecule has 2 aliphatic rings. The van der Waals surface area contributed by atoms with Crippen LogP contribution in [0.15, 0.2) is 30.6 Å². The van der Waals surface area contributed by atoms with Gasteiger partial charge in [0.2, 0.25) is 0 Å². The number of fused-ring (bicyclic) bond motifs is 2. The SMILES string of the molecule is CC.CC(C)n1cc(-c2ccc3c(c2)CCCN3c2n[nH]c3c2CNCC3)cn1. The van der Waals surface area contributed by atoms with Gasteiger partial charge >= 0.3 is 0 Å². The van der Waals surface area contributed by atoms with E-state index >= 15 is 0 Å². The molecule has 5 rings (SSSR count). The third-order valence-electron chi connectivity index (χ3n) is 5.70. The van der Waals surface area contributed by atoms with Gasteiger partial charge in [-0.2, -0.15) is 10.2 Å². The number of H-pyrrole nitrogens is 1. The average Bonchev–Trinajstić information content (AvgIpc) is 3.42. The first-order valence-electron chi connectivity index (χ1n) is 10.9. The van der Waals surface area contributed by atoms with Crippen molar-refractivity contribution in [2.75, 3.05) is 18.0 Å². The third kappa shape index (κ3) is 3.69. The number of nitrogens with one attached hydrogen (secondary N) is 2. The molecule has 29 heavy (non-hydrogen) atoms. The van der Waals surface area contributed by atoms with Gasteiger partial charge in [-0.25, -0.2) is 0 Å². The van der Waals surface area contributed by atoms with Crippen LogP contribution in [0.3, 0.4) is 0 Å². The second kappa shape index (κ2) is 8.41. The Morgan fingerprint density at radius 2 is 1.97 bits per heavy atom. The van der Waals surface area contributed by atoms with Crippen LogP contribution in [-0.4, -0.2) is 33.1 Å². The zero-order chi connectivity index (χ0) is 20.4. The fourth-order valence-electron chi connectivity index (χ4n) is 4.20. The number of aryl methyl sites for hydroxylation is 1. The summed E-state index contributed by atoms with van der Waals surface area (Å²) in [5, 5.41) is 15.9. The molecule has 1 aromatic carbocycles. The molecule has 2 aromatic heterocycles. The summed E-state index contributed by atoms with van der Waals surface area (Å²) in [5.74, 6) is 1.10. The van der Waals surface area contributed by atoms with Crippen molar-refractivity contribution in [1.82, 2.24) is 25.3 Å². The van der Waals surface area contributed by atoms with Crippen molar-refractivity contribution >= 4 is 11.5 Å². The summed E-state index contributed by atoms with van der Waals surface area (Å²) < 4.78 is 2.02. The maximum Gasteiger partial charge on any atom is 0.159 e. The summed E-state index contributed by atoms with van der Waals surface area (Å²) in [6, 6.07) is 7.19. The first kappa shape index (κ1) is 19.7. The highest BCUT2D eigenvalue weighted by molar-refractivity contribution is 5.73. The molecule has 4 heterocycles. The quantitative estimate of drug-likeness (QED) is 0.683. The Labute approximate surface area is 173 Å². The minimum Gasteiger partial charge on any atom is -0.324 e. The third-order valence-corrected chi connectivity index (χ3v) is 5.70. The molecule has 0 bridgehead atoms. The Kier molecular flexibility index (Phi) is 5.72. The lowest BCUT2D eigenvalue weighted by Crippen LogP contribution is -2.28. The monoisotopic (exact) mass is 392 g/mol. The summed E-state index contributed by atoms with van der Waals surface area (Å²) in [4.78, 5) is 2.39. The van der Waals surface area contributed by atoms with E-state index in [4.69, 9.17) is 0 Å². The van der Waals surface area contributed by atoms with Gasteiger partial charge in [-0.1, -0.05) is 19.9 Å². The van der Waals surface area contributed by atoms with Gasteiger partial charge in [0.15, 0.2) is 5.82 Å². The number of hydrogen-bond acceptors (Lipinski definition) is 4. The van der Waals surface area contributed by atoms with Crippen LogP contribution in [0.4, 0.5) is 11.5 Å². The lowest BCUT2D eigenvalue weighted by Gasteiger charge is -2.31. The lowest BCUT2D eigenvalue weighted by atomic mass is 9.96. The lowest BCUT2D eigenvalue weighted by molar-refractivity contribution is 0.532. The van der Waals surface area contributed by atoms with Crippen LogP contribution >= 0.6 is 0 Å². The highest BCUT2D eigenvalue weighted by Crippen LogP contribution is 2.37. The minimum absolute atomic E-state index is 0.381. The highest BCUT2D eigenvalue weighted by Gasteiger charge is 2.26. The van der Waals surface area contributed by atoms with Crippen molar-refractivity contribution < 1.29 is 0 Å². The fourth-order valence-corrected chi connectivity index (χ4v) is 4.20. The molecule has 3 aromatic rings. The van der Waals surface area contributed by atoms with E-state index in [2.05, 4.69) is 63.8 Å². The molecule has 154 valence electrons. The molecule has 6 heteroatoms.